The zero-order valence-corrected chi connectivity index (χ0v) is 20.4. The molecule has 3 rings (SSSR count). The molecular formula is C23H29N5O4S. The predicted octanol–water partition coefficient (Wildman–Crippen LogP) is 4.37. The number of methoxy groups -OCH3 is 2. The highest BCUT2D eigenvalue weighted by molar-refractivity contribution is 7.89. The third-order valence-corrected chi connectivity index (χ3v) is 6.18. The Labute approximate surface area is 194 Å². The standard InChI is InChI=1S/C23H29N5O4S/c1-15-14-24-22(26-17-10-18(31-5)13-19(11-17)32-6)27-21(15)25-16-8-7-9-20(12-16)33(29,30)28-23(2,3)4/h7-14,28H,1-6H3,(H2,24,25,26,27). The van der Waals surface area contributed by atoms with Gasteiger partial charge in [0.05, 0.1) is 19.1 Å². The van der Waals surface area contributed by atoms with Crippen molar-refractivity contribution in [3.05, 3.63) is 54.2 Å². The smallest absolute Gasteiger partial charge is 0.241 e. The highest BCUT2D eigenvalue weighted by atomic mass is 32.2. The van der Waals surface area contributed by atoms with Crippen LogP contribution in [-0.2, 0) is 10.0 Å². The van der Waals surface area contributed by atoms with E-state index in [0.29, 0.717) is 34.6 Å². The quantitative estimate of drug-likeness (QED) is 0.444. The van der Waals surface area contributed by atoms with Gasteiger partial charge < -0.3 is 20.1 Å². The Hall–Kier alpha value is -3.37. The number of hydrogen-bond donors (Lipinski definition) is 3. The number of aryl methyl sites for hydroxylation is 1. The molecule has 0 unspecified atom stereocenters. The molecule has 0 saturated heterocycles. The highest BCUT2D eigenvalue weighted by Gasteiger charge is 2.22. The lowest BCUT2D eigenvalue weighted by atomic mass is 10.1. The first-order valence-electron chi connectivity index (χ1n) is 10.2. The van der Waals surface area contributed by atoms with Crippen molar-refractivity contribution in [1.29, 1.82) is 0 Å². The maximum Gasteiger partial charge on any atom is 0.241 e. The van der Waals surface area contributed by atoms with Crippen LogP contribution in [0.15, 0.2) is 53.6 Å². The molecule has 3 N–H and O–H groups in total. The fraction of sp³-hybridized carbons (Fsp3) is 0.304. The molecule has 0 saturated carbocycles. The molecule has 0 aliphatic heterocycles. The van der Waals surface area contributed by atoms with E-state index in [1.165, 1.54) is 0 Å². The summed E-state index contributed by atoms with van der Waals surface area (Å²) in [6, 6.07) is 11.9. The summed E-state index contributed by atoms with van der Waals surface area (Å²) in [6.45, 7) is 7.25. The average molecular weight is 472 g/mol. The molecule has 1 heterocycles. The fourth-order valence-electron chi connectivity index (χ4n) is 2.98. The first kappa shape index (κ1) is 24.3. The van der Waals surface area contributed by atoms with Crippen LogP contribution in [0.4, 0.5) is 23.1 Å². The SMILES string of the molecule is COc1cc(Nc2ncc(C)c(Nc3cccc(S(=O)(=O)NC(C)(C)C)c3)n2)cc(OC)c1. The zero-order valence-electron chi connectivity index (χ0n) is 19.6. The van der Waals surface area contributed by atoms with E-state index in [1.54, 1.807) is 83.7 Å². The Morgan fingerprint density at radius 3 is 2.18 bits per heavy atom. The van der Waals surface area contributed by atoms with E-state index in [2.05, 4.69) is 25.3 Å². The van der Waals surface area contributed by atoms with Gasteiger partial charge in [-0.05, 0) is 45.9 Å². The van der Waals surface area contributed by atoms with Crippen LogP contribution >= 0.6 is 0 Å². The molecule has 0 radical (unpaired) electrons. The summed E-state index contributed by atoms with van der Waals surface area (Å²) in [5.74, 6) is 2.16. The van der Waals surface area contributed by atoms with Crippen LogP contribution in [-0.4, -0.2) is 38.1 Å². The van der Waals surface area contributed by atoms with Gasteiger partial charge in [0.1, 0.15) is 17.3 Å². The summed E-state index contributed by atoms with van der Waals surface area (Å²) >= 11 is 0. The van der Waals surface area contributed by atoms with Crippen molar-refractivity contribution in [2.75, 3.05) is 24.9 Å². The fourth-order valence-corrected chi connectivity index (χ4v) is 4.44. The van der Waals surface area contributed by atoms with Crippen LogP contribution in [0.1, 0.15) is 26.3 Å². The largest absolute Gasteiger partial charge is 0.497 e. The number of sulfonamides is 1. The van der Waals surface area contributed by atoms with Gasteiger partial charge in [0, 0.05) is 46.9 Å². The number of rotatable bonds is 8. The number of hydrogen-bond acceptors (Lipinski definition) is 8. The summed E-state index contributed by atoms with van der Waals surface area (Å²) in [4.78, 5) is 9.04. The molecule has 33 heavy (non-hydrogen) atoms. The van der Waals surface area contributed by atoms with Gasteiger partial charge in [0.15, 0.2) is 0 Å². The van der Waals surface area contributed by atoms with Gasteiger partial charge in [0.25, 0.3) is 0 Å². The van der Waals surface area contributed by atoms with Crippen molar-refractivity contribution in [3.8, 4) is 11.5 Å². The lowest BCUT2D eigenvalue weighted by Crippen LogP contribution is -2.40. The topological polar surface area (TPSA) is 114 Å². The first-order chi connectivity index (χ1) is 15.5. The minimum absolute atomic E-state index is 0.163. The zero-order chi connectivity index (χ0) is 24.2. The van der Waals surface area contributed by atoms with Gasteiger partial charge in [0.2, 0.25) is 16.0 Å². The van der Waals surface area contributed by atoms with E-state index >= 15 is 0 Å². The molecular weight excluding hydrogens is 442 g/mol. The van der Waals surface area contributed by atoms with Crippen LogP contribution in [0.5, 0.6) is 11.5 Å². The Bertz CT molecular complexity index is 1220. The Kier molecular flexibility index (Phi) is 7.09. The molecule has 0 bridgehead atoms. The monoisotopic (exact) mass is 471 g/mol. The molecule has 3 aromatic rings. The molecule has 0 aliphatic carbocycles. The van der Waals surface area contributed by atoms with E-state index < -0.39 is 15.6 Å². The van der Waals surface area contributed by atoms with Crippen LogP contribution in [0.3, 0.4) is 0 Å². The van der Waals surface area contributed by atoms with E-state index in [-0.39, 0.29) is 4.90 Å². The van der Waals surface area contributed by atoms with E-state index in [4.69, 9.17) is 9.47 Å². The van der Waals surface area contributed by atoms with Crippen molar-refractivity contribution in [3.63, 3.8) is 0 Å². The van der Waals surface area contributed by atoms with Crippen LogP contribution in [0.2, 0.25) is 0 Å². The van der Waals surface area contributed by atoms with Gasteiger partial charge in [-0.25, -0.2) is 18.1 Å². The maximum absolute atomic E-state index is 12.7. The van der Waals surface area contributed by atoms with Gasteiger partial charge >= 0.3 is 0 Å². The van der Waals surface area contributed by atoms with Crippen LogP contribution in [0.25, 0.3) is 0 Å². The second-order valence-electron chi connectivity index (χ2n) is 8.46. The molecule has 0 amide bonds. The molecule has 10 heteroatoms. The van der Waals surface area contributed by atoms with Crippen LogP contribution < -0.4 is 24.8 Å². The highest BCUT2D eigenvalue weighted by Crippen LogP contribution is 2.28. The number of ether oxygens (including phenoxy) is 2. The van der Waals surface area contributed by atoms with E-state index in [9.17, 15) is 8.42 Å². The minimum Gasteiger partial charge on any atom is -0.497 e. The van der Waals surface area contributed by atoms with Gasteiger partial charge in [-0.15, -0.1) is 0 Å². The van der Waals surface area contributed by atoms with Gasteiger partial charge in [-0.1, -0.05) is 6.07 Å². The Morgan fingerprint density at radius 2 is 1.58 bits per heavy atom. The number of benzene rings is 2. The summed E-state index contributed by atoms with van der Waals surface area (Å²) < 4.78 is 38.6. The molecule has 0 spiro atoms. The molecule has 9 nitrogen and oxygen atoms in total. The summed E-state index contributed by atoms with van der Waals surface area (Å²) in [5, 5.41) is 6.33. The van der Waals surface area contributed by atoms with Crippen molar-refractivity contribution in [2.24, 2.45) is 0 Å². The lowest BCUT2D eigenvalue weighted by molar-refractivity contribution is 0.395. The minimum atomic E-state index is -3.66. The normalized spacial score (nSPS) is 11.7. The second-order valence-corrected chi connectivity index (χ2v) is 10.1. The van der Waals surface area contributed by atoms with Crippen molar-refractivity contribution in [1.82, 2.24) is 14.7 Å². The molecule has 176 valence electrons. The van der Waals surface area contributed by atoms with Crippen LogP contribution in [0, 0.1) is 6.92 Å². The molecule has 0 fully saturated rings. The summed E-state index contributed by atoms with van der Waals surface area (Å²) in [6.07, 6.45) is 1.68. The number of nitrogens with zero attached hydrogens (tertiary/aromatic N) is 2. The first-order valence-corrected chi connectivity index (χ1v) is 11.7. The molecule has 0 atom stereocenters. The second kappa shape index (κ2) is 9.63. The van der Waals surface area contributed by atoms with Gasteiger partial charge in [-0.2, -0.15) is 4.98 Å². The Morgan fingerprint density at radius 1 is 0.909 bits per heavy atom. The third kappa shape index (κ3) is 6.56. The molecule has 1 aromatic heterocycles. The number of nitrogens with one attached hydrogen (secondary N) is 3. The number of anilines is 4. The summed E-state index contributed by atoms with van der Waals surface area (Å²) in [7, 11) is -0.509. The Balaban J connectivity index is 1.86. The molecule has 2 aromatic carbocycles. The number of aromatic nitrogens is 2. The molecule has 0 aliphatic rings. The van der Waals surface area contributed by atoms with Crippen molar-refractivity contribution < 1.29 is 17.9 Å². The maximum atomic E-state index is 12.7. The van der Waals surface area contributed by atoms with Crippen molar-refractivity contribution in [2.45, 2.75) is 38.1 Å². The van der Waals surface area contributed by atoms with Crippen molar-refractivity contribution >= 4 is 33.2 Å². The lowest BCUT2D eigenvalue weighted by Gasteiger charge is -2.20. The van der Waals surface area contributed by atoms with Gasteiger partial charge in [-0.3, -0.25) is 0 Å². The third-order valence-electron chi connectivity index (χ3n) is 4.43. The predicted molar refractivity (Wildman–Crippen MR) is 129 cm³/mol. The average Bonchev–Trinajstić information content (AvgIpc) is 2.74. The van der Waals surface area contributed by atoms with E-state index in [1.807, 2.05) is 6.92 Å². The summed E-state index contributed by atoms with van der Waals surface area (Å²) in [5.41, 5.74) is 1.49. The van der Waals surface area contributed by atoms with E-state index in [0.717, 1.165) is 5.56 Å².